The maximum Gasteiger partial charge on any atom is 0.337 e. The van der Waals surface area contributed by atoms with Crippen molar-refractivity contribution in [3.63, 3.8) is 0 Å². The molecule has 164 valence electrons. The summed E-state index contributed by atoms with van der Waals surface area (Å²) >= 11 is 0. The summed E-state index contributed by atoms with van der Waals surface area (Å²) in [5, 5.41) is 3.84. The molecule has 0 aliphatic heterocycles. The number of nitrogens with one attached hydrogen (secondary N) is 2. The second-order valence-corrected chi connectivity index (χ2v) is 7.35. The van der Waals surface area contributed by atoms with E-state index in [1.807, 2.05) is 42.6 Å². The van der Waals surface area contributed by atoms with E-state index in [0.29, 0.717) is 17.9 Å². The maximum atomic E-state index is 12.9. The lowest BCUT2D eigenvalue weighted by atomic mass is 9.87. The molecule has 0 aliphatic carbocycles. The third-order valence-electron chi connectivity index (χ3n) is 5.46. The molecule has 1 atom stereocenters. The lowest BCUT2D eigenvalue weighted by molar-refractivity contribution is -0.121. The Morgan fingerprint density at radius 1 is 1.06 bits per heavy atom. The fourth-order valence-electron chi connectivity index (χ4n) is 3.85. The van der Waals surface area contributed by atoms with Gasteiger partial charge in [-0.3, -0.25) is 4.79 Å². The van der Waals surface area contributed by atoms with Crippen molar-refractivity contribution < 1.29 is 23.5 Å². The smallest absolute Gasteiger partial charge is 0.337 e. The van der Waals surface area contributed by atoms with Crippen LogP contribution < -0.4 is 10.1 Å². The molecular weight excluding hydrogens is 408 g/mol. The van der Waals surface area contributed by atoms with E-state index < -0.39 is 5.97 Å². The van der Waals surface area contributed by atoms with Gasteiger partial charge in [0.25, 0.3) is 0 Å². The predicted molar refractivity (Wildman–Crippen MR) is 120 cm³/mol. The molecule has 0 radical (unpaired) electrons. The van der Waals surface area contributed by atoms with Gasteiger partial charge < -0.3 is 24.2 Å². The predicted octanol–water partition coefficient (Wildman–Crippen LogP) is 4.39. The van der Waals surface area contributed by atoms with Crippen LogP contribution in [-0.2, 0) is 16.1 Å². The van der Waals surface area contributed by atoms with E-state index in [9.17, 15) is 9.59 Å². The number of hydrogen-bond donors (Lipinski definition) is 2. The van der Waals surface area contributed by atoms with Crippen LogP contribution in [0.15, 0.2) is 71.5 Å². The molecule has 1 unspecified atom stereocenters. The number of aromatic amines is 1. The second-order valence-electron chi connectivity index (χ2n) is 7.35. The first-order valence-corrected chi connectivity index (χ1v) is 10.2. The third kappa shape index (κ3) is 4.37. The Hall–Kier alpha value is -4.00. The summed E-state index contributed by atoms with van der Waals surface area (Å²) in [6.45, 7) is 0.317. The lowest BCUT2D eigenvalue weighted by Crippen LogP contribution is -2.24. The number of benzene rings is 2. The monoisotopic (exact) mass is 432 g/mol. The Kier molecular flexibility index (Phi) is 6.26. The number of ether oxygens (including phenoxy) is 2. The number of hydrogen-bond acceptors (Lipinski definition) is 5. The second kappa shape index (κ2) is 9.43. The van der Waals surface area contributed by atoms with E-state index >= 15 is 0 Å². The van der Waals surface area contributed by atoms with Gasteiger partial charge in [-0.2, -0.15) is 0 Å². The number of furan rings is 1. The van der Waals surface area contributed by atoms with Crippen molar-refractivity contribution in [1.82, 2.24) is 10.3 Å². The first kappa shape index (κ1) is 21.2. The number of esters is 1. The van der Waals surface area contributed by atoms with Gasteiger partial charge in [0.1, 0.15) is 11.5 Å². The maximum absolute atomic E-state index is 12.9. The first-order valence-electron chi connectivity index (χ1n) is 10.2. The highest BCUT2D eigenvalue weighted by molar-refractivity contribution is 5.92. The summed E-state index contributed by atoms with van der Waals surface area (Å²) in [6.07, 6.45) is 3.69. The van der Waals surface area contributed by atoms with Crippen LogP contribution in [0.2, 0.25) is 0 Å². The zero-order chi connectivity index (χ0) is 22.5. The van der Waals surface area contributed by atoms with Gasteiger partial charge in [-0.1, -0.05) is 18.2 Å². The minimum atomic E-state index is -0.405. The SMILES string of the molecule is COC(=O)c1ccc(C(CC(=O)NCc2ccco2)c2c[nH]c3cccc(OC)c23)cc1. The molecule has 2 heterocycles. The summed E-state index contributed by atoms with van der Waals surface area (Å²) in [5.74, 6) is 0.631. The molecule has 2 aromatic heterocycles. The third-order valence-corrected chi connectivity index (χ3v) is 5.46. The van der Waals surface area contributed by atoms with Gasteiger partial charge in [-0.15, -0.1) is 0 Å². The van der Waals surface area contributed by atoms with Crippen LogP contribution in [0.4, 0.5) is 0 Å². The lowest BCUT2D eigenvalue weighted by Gasteiger charge is -2.18. The van der Waals surface area contributed by atoms with Crippen LogP contribution in [0.1, 0.15) is 39.6 Å². The van der Waals surface area contributed by atoms with Gasteiger partial charge in [0.15, 0.2) is 0 Å². The van der Waals surface area contributed by atoms with E-state index in [-0.39, 0.29) is 18.2 Å². The van der Waals surface area contributed by atoms with Gasteiger partial charge in [0, 0.05) is 29.4 Å². The minimum absolute atomic E-state index is 0.118. The first-order chi connectivity index (χ1) is 15.6. The minimum Gasteiger partial charge on any atom is -0.496 e. The molecule has 7 nitrogen and oxygen atoms in total. The summed E-state index contributed by atoms with van der Waals surface area (Å²) in [7, 11) is 2.97. The van der Waals surface area contributed by atoms with Crippen LogP contribution in [0, 0.1) is 0 Å². The largest absolute Gasteiger partial charge is 0.496 e. The van der Waals surface area contributed by atoms with Gasteiger partial charge in [0.2, 0.25) is 5.91 Å². The molecule has 2 aromatic carbocycles. The Bertz CT molecular complexity index is 1210. The highest BCUT2D eigenvalue weighted by Crippen LogP contribution is 2.38. The molecule has 0 bridgehead atoms. The van der Waals surface area contributed by atoms with E-state index in [0.717, 1.165) is 27.8 Å². The molecule has 0 fully saturated rings. The highest BCUT2D eigenvalue weighted by atomic mass is 16.5. The van der Waals surface area contributed by atoms with Gasteiger partial charge in [0.05, 0.1) is 32.6 Å². The highest BCUT2D eigenvalue weighted by Gasteiger charge is 2.23. The Morgan fingerprint density at radius 2 is 1.88 bits per heavy atom. The summed E-state index contributed by atoms with van der Waals surface area (Å²) < 4.78 is 15.7. The van der Waals surface area contributed by atoms with Gasteiger partial charge >= 0.3 is 5.97 Å². The molecule has 0 spiro atoms. The van der Waals surface area contributed by atoms with Crippen LogP contribution in [0.25, 0.3) is 10.9 Å². The fraction of sp³-hybridized carbons (Fsp3) is 0.200. The number of aromatic nitrogens is 1. The van der Waals surface area contributed by atoms with E-state index in [1.54, 1.807) is 31.6 Å². The normalized spacial score (nSPS) is 11.8. The number of amides is 1. The van der Waals surface area contributed by atoms with Crippen molar-refractivity contribution >= 4 is 22.8 Å². The molecule has 0 saturated heterocycles. The van der Waals surface area contributed by atoms with Crippen molar-refractivity contribution in [2.75, 3.05) is 14.2 Å². The molecule has 0 saturated carbocycles. The fourth-order valence-corrected chi connectivity index (χ4v) is 3.85. The average molecular weight is 432 g/mol. The molecule has 32 heavy (non-hydrogen) atoms. The number of methoxy groups -OCH3 is 2. The Balaban J connectivity index is 1.68. The summed E-state index contributed by atoms with van der Waals surface area (Å²) in [6, 6.07) is 16.5. The van der Waals surface area contributed by atoms with Crippen molar-refractivity contribution in [2.24, 2.45) is 0 Å². The van der Waals surface area contributed by atoms with Crippen molar-refractivity contribution in [2.45, 2.75) is 18.9 Å². The number of rotatable bonds is 8. The number of carbonyl (C=O) groups is 2. The van der Waals surface area contributed by atoms with Crippen molar-refractivity contribution in [1.29, 1.82) is 0 Å². The van der Waals surface area contributed by atoms with E-state index in [4.69, 9.17) is 13.9 Å². The zero-order valence-electron chi connectivity index (χ0n) is 17.9. The van der Waals surface area contributed by atoms with Crippen molar-refractivity contribution in [3.8, 4) is 5.75 Å². The molecule has 7 heteroatoms. The summed E-state index contributed by atoms with van der Waals surface area (Å²) in [5.41, 5.74) is 3.22. The topological polar surface area (TPSA) is 93.6 Å². The number of carbonyl (C=O) groups excluding carboxylic acids is 2. The van der Waals surface area contributed by atoms with Gasteiger partial charge in [-0.05, 0) is 47.5 Å². The van der Waals surface area contributed by atoms with Crippen LogP contribution in [0.5, 0.6) is 5.75 Å². The molecular formula is C25H24N2O5. The Labute approximate surface area is 185 Å². The standard InChI is InChI=1S/C25H24N2O5/c1-30-22-7-3-6-21-24(22)20(15-26-21)19(13-23(28)27-14-18-5-4-12-32-18)16-8-10-17(11-9-16)25(29)31-2/h3-12,15,19,26H,13-14H2,1-2H3,(H,27,28). The van der Waals surface area contributed by atoms with E-state index in [1.165, 1.54) is 7.11 Å². The molecule has 2 N–H and O–H groups in total. The Morgan fingerprint density at radius 3 is 2.56 bits per heavy atom. The zero-order valence-corrected chi connectivity index (χ0v) is 17.9. The molecule has 1 amide bonds. The van der Waals surface area contributed by atoms with Crippen LogP contribution in [0.3, 0.4) is 0 Å². The summed E-state index contributed by atoms with van der Waals surface area (Å²) in [4.78, 5) is 28.0. The average Bonchev–Trinajstić information content (AvgIpc) is 3.51. The number of H-pyrrole nitrogens is 1. The molecule has 4 aromatic rings. The number of fused-ring (bicyclic) bond motifs is 1. The van der Waals surface area contributed by atoms with Crippen LogP contribution >= 0.6 is 0 Å². The van der Waals surface area contributed by atoms with E-state index in [2.05, 4.69) is 10.3 Å². The van der Waals surface area contributed by atoms with Crippen LogP contribution in [-0.4, -0.2) is 31.1 Å². The quantitative estimate of drug-likeness (QED) is 0.403. The molecule has 4 rings (SSSR count). The van der Waals surface area contributed by atoms with Crippen molar-refractivity contribution in [3.05, 3.63) is 89.5 Å². The molecule has 0 aliphatic rings. The van der Waals surface area contributed by atoms with Gasteiger partial charge in [-0.25, -0.2) is 4.79 Å².